The molecule has 0 saturated carbocycles. The van der Waals surface area contributed by atoms with Gasteiger partial charge >= 0.3 is 0 Å². The van der Waals surface area contributed by atoms with E-state index in [4.69, 9.17) is 0 Å². The third-order valence-corrected chi connectivity index (χ3v) is 2.87. The van der Waals surface area contributed by atoms with Crippen LogP contribution in [-0.2, 0) is 0 Å². The van der Waals surface area contributed by atoms with Gasteiger partial charge in [0.25, 0.3) is 0 Å². The highest BCUT2D eigenvalue weighted by Gasteiger charge is 2.01. The minimum atomic E-state index is 1.19. The molecule has 19 heavy (non-hydrogen) atoms. The zero-order chi connectivity index (χ0) is 14.3. The summed E-state index contributed by atoms with van der Waals surface area (Å²) in [5.74, 6) is 0. The van der Waals surface area contributed by atoms with E-state index in [0.717, 1.165) is 0 Å². The first-order valence-electron chi connectivity index (χ1n) is 6.96. The van der Waals surface area contributed by atoms with Gasteiger partial charge in [-0.15, -0.1) is 0 Å². The van der Waals surface area contributed by atoms with Gasteiger partial charge in [0, 0.05) is 0 Å². The summed E-state index contributed by atoms with van der Waals surface area (Å²) in [6.07, 6.45) is 7.35. The first-order chi connectivity index (χ1) is 9.17. The van der Waals surface area contributed by atoms with Gasteiger partial charge in [-0.05, 0) is 53.4 Å². The number of benzene rings is 2. The third kappa shape index (κ3) is 3.82. The third-order valence-electron chi connectivity index (χ3n) is 2.87. The molecule has 0 N–H and O–H groups in total. The van der Waals surface area contributed by atoms with E-state index in [9.17, 15) is 0 Å². The molecule has 2 aromatic rings. The summed E-state index contributed by atoms with van der Waals surface area (Å²) in [4.78, 5) is 0. The Bertz CT molecular complexity index is 574. The Labute approximate surface area is 117 Å². The number of aryl methyl sites for hydroxylation is 1. The lowest BCUT2D eigenvalue weighted by Crippen LogP contribution is -1.84. The van der Waals surface area contributed by atoms with Crippen molar-refractivity contribution in [3.05, 3.63) is 59.7 Å². The van der Waals surface area contributed by atoms with Crippen LogP contribution in [0.1, 0.15) is 43.9 Å². The second kappa shape index (κ2) is 7.58. The highest BCUT2D eigenvalue weighted by molar-refractivity contribution is 5.90. The van der Waals surface area contributed by atoms with Crippen molar-refractivity contribution in [1.29, 1.82) is 0 Å². The van der Waals surface area contributed by atoms with Crippen LogP contribution in [0.25, 0.3) is 22.9 Å². The van der Waals surface area contributed by atoms with E-state index in [2.05, 4.69) is 69.8 Å². The van der Waals surface area contributed by atoms with E-state index in [1.54, 1.807) is 0 Å². The number of fused-ring (bicyclic) bond motifs is 1. The van der Waals surface area contributed by atoms with Crippen molar-refractivity contribution in [2.75, 3.05) is 0 Å². The maximum absolute atomic E-state index is 3.88. The van der Waals surface area contributed by atoms with Crippen molar-refractivity contribution in [1.82, 2.24) is 0 Å². The van der Waals surface area contributed by atoms with Gasteiger partial charge in [-0.3, -0.25) is 0 Å². The van der Waals surface area contributed by atoms with Crippen LogP contribution < -0.4 is 0 Å². The molecule has 0 saturated heterocycles. The maximum Gasteiger partial charge on any atom is -0.0148 e. The van der Waals surface area contributed by atoms with Gasteiger partial charge in [0.2, 0.25) is 0 Å². The van der Waals surface area contributed by atoms with Gasteiger partial charge in [-0.2, -0.15) is 0 Å². The summed E-state index contributed by atoms with van der Waals surface area (Å²) in [5, 5.41) is 2.60. The molecule has 100 valence electrons. The smallest absolute Gasteiger partial charge is 0.0148 e. The highest BCUT2D eigenvalue weighted by Crippen LogP contribution is 2.24. The second-order valence-electron chi connectivity index (χ2n) is 4.69. The molecule has 0 spiro atoms. The van der Waals surface area contributed by atoms with Crippen molar-refractivity contribution in [3.63, 3.8) is 0 Å². The number of allylic oxidation sites excluding steroid dienone is 1. The fourth-order valence-electron chi connectivity index (χ4n) is 2.02. The van der Waals surface area contributed by atoms with Gasteiger partial charge in [-0.25, -0.2) is 0 Å². The Balaban J connectivity index is 0.000000550. The van der Waals surface area contributed by atoms with Crippen LogP contribution in [0.5, 0.6) is 0 Å². The molecule has 0 radical (unpaired) electrons. The Morgan fingerprint density at radius 2 is 1.79 bits per heavy atom. The number of hydrogen-bond acceptors (Lipinski definition) is 0. The molecule has 0 amide bonds. The summed E-state index contributed by atoms with van der Waals surface area (Å²) in [6, 6.07) is 10.8. The lowest BCUT2D eigenvalue weighted by Gasteiger charge is -2.07. The molecule has 2 aromatic carbocycles. The summed E-state index contributed by atoms with van der Waals surface area (Å²) in [7, 11) is 0. The summed E-state index contributed by atoms with van der Waals surface area (Å²) < 4.78 is 0. The van der Waals surface area contributed by atoms with Crippen LogP contribution in [-0.4, -0.2) is 0 Å². The quantitative estimate of drug-likeness (QED) is 0.593. The van der Waals surface area contributed by atoms with E-state index < -0.39 is 0 Å². The Hall–Kier alpha value is -1.82. The summed E-state index contributed by atoms with van der Waals surface area (Å²) in [5.41, 5.74) is 3.74. The van der Waals surface area contributed by atoms with Crippen LogP contribution in [0.15, 0.2) is 43.0 Å². The zero-order valence-corrected chi connectivity index (χ0v) is 12.5. The normalized spacial score (nSPS) is 10.3. The SMILES string of the molecule is C=Cc1cc2c(C)cccc2cc1/C=C\C.CCC. The van der Waals surface area contributed by atoms with Gasteiger partial charge in [0.1, 0.15) is 0 Å². The molecule has 0 aliphatic heterocycles. The molecule has 0 atom stereocenters. The van der Waals surface area contributed by atoms with E-state index in [-0.39, 0.29) is 0 Å². The van der Waals surface area contributed by atoms with Crippen molar-refractivity contribution < 1.29 is 0 Å². The molecule has 0 nitrogen and oxygen atoms in total. The standard InChI is InChI=1S/C16H16.C3H8/c1-4-7-14-10-15-9-6-8-12(3)16(15)11-13(14)5-2;1-3-2/h4-11H,2H2,1,3H3;3H2,1-2H3/b7-4-;. The van der Waals surface area contributed by atoms with Crippen molar-refractivity contribution in [2.24, 2.45) is 0 Å². The second-order valence-corrected chi connectivity index (χ2v) is 4.69. The van der Waals surface area contributed by atoms with Crippen molar-refractivity contribution in [3.8, 4) is 0 Å². The molecule has 0 bridgehead atoms. The average Bonchev–Trinajstić information content (AvgIpc) is 2.40. The van der Waals surface area contributed by atoms with E-state index >= 15 is 0 Å². The fraction of sp³-hybridized carbons (Fsp3) is 0.263. The largest absolute Gasteiger partial charge is 0.0984 e. The lowest BCUT2D eigenvalue weighted by atomic mass is 9.98. The van der Waals surface area contributed by atoms with Crippen molar-refractivity contribution in [2.45, 2.75) is 34.1 Å². The molecule has 0 heterocycles. The first-order valence-corrected chi connectivity index (χ1v) is 6.96. The maximum atomic E-state index is 3.88. The number of hydrogen-bond donors (Lipinski definition) is 0. The molecule has 2 rings (SSSR count). The van der Waals surface area contributed by atoms with E-state index in [1.165, 1.54) is 33.9 Å². The van der Waals surface area contributed by atoms with Crippen LogP contribution in [0.2, 0.25) is 0 Å². The van der Waals surface area contributed by atoms with Gasteiger partial charge in [0.15, 0.2) is 0 Å². The van der Waals surface area contributed by atoms with Gasteiger partial charge in [-0.1, -0.05) is 63.3 Å². The molecule has 0 aliphatic rings. The molecular formula is C19H24. The van der Waals surface area contributed by atoms with Gasteiger partial charge < -0.3 is 0 Å². The topological polar surface area (TPSA) is 0 Å². The average molecular weight is 252 g/mol. The lowest BCUT2D eigenvalue weighted by molar-refractivity contribution is 1.09. The molecule has 0 aromatic heterocycles. The van der Waals surface area contributed by atoms with E-state index in [1.807, 2.05) is 13.0 Å². The minimum absolute atomic E-state index is 1.19. The summed E-state index contributed by atoms with van der Waals surface area (Å²) >= 11 is 0. The minimum Gasteiger partial charge on any atom is -0.0984 e. The Morgan fingerprint density at radius 3 is 2.37 bits per heavy atom. The van der Waals surface area contributed by atoms with Crippen LogP contribution in [0.4, 0.5) is 0 Å². The zero-order valence-electron chi connectivity index (χ0n) is 12.5. The van der Waals surface area contributed by atoms with E-state index in [0.29, 0.717) is 0 Å². The molecule has 0 heteroatoms. The molecule has 0 fully saturated rings. The van der Waals surface area contributed by atoms with Crippen LogP contribution in [0.3, 0.4) is 0 Å². The van der Waals surface area contributed by atoms with Crippen LogP contribution in [0, 0.1) is 6.92 Å². The molecule has 0 unspecified atom stereocenters. The Kier molecular flexibility index (Phi) is 6.08. The predicted octanol–water partition coefficient (Wildman–Crippen LogP) is 6.24. The Morgan fingerprint density at radius 1 is 1.11 bits per heavy atom. The first kappa shape index (κ1) is 15.2. The van der Waals surface area contributed by atoms with Crippen LogP contribution >= 0.6 is 0 Å². The number of rotatable bonds is 2. The fourth-order valence-corrected chi connectivity index (χ4v) is 2.02. The molecular weight excluding hydrogens is 228 g/mol. The summed E-state index contributed by atoms with van der Waals surface area (Å²) in [6.45, 7) is 12.3. The highest BCUT2D eigenvalue weighted by atomic mass is 14.1. The predicted molar refractivity (Wildman–Crippen MR) is 89.4 cm³/mol. The van der Waals surface area contributed by atoms with Gasteiger partial charge in [0.05, 0.1) is 0 Å². The van der Waals surface area contributed by atoms with Crippen molar-refractivity contribution >= 4 is 22.9 Å². The monoisotopic (exact) mass is 252 g/mol. The molecule has 0 aliphatic carbocycles.